The summed E-state index contributed by atoms with van der Waals surface area (Å²) in [6.45, 7) is 0.651. The van der Waals surface area contributed by atoms with Crippen molar-refractivity contribution in [2.45, 2.75) is 38.1 Å². The first-order chi connectivity index (χ1) is 11.1. The number of hydrogen-bond donors (Lipinski definition) is 1. The quantitative estimate of drug-likeness (QED) is 0.871. The van der Waals surface area contributed by atoms with E-state index in [9.17, 15) is 9.59 Å². The van der Waals surface area contributed by atoms with E-state index in [2.05, 4.69) is 0 Å². The number of carbonyl (C=O) groups excluding carboxylic acids is 1. The first-order valence-electron chi connectivity index (χ1n) is 7.81. The van der Waals surface area contributed by atoms with Crippen LogP contribution in [0.25, 0.3) is 0 Å². The lowest BCUT2D eigenvalue weighted by Crippen LogP contribution is -2.44. The highest BCUT2D eigenvalue weighted by atomic mass is 16.5. The number of piperidine rings is 1. The highest BCUT2D eigenvalue weighted by Gasteiger charge is 2.29. The Hall–Kier alpha value is -2.24. The molecule has 1 aromatic rings. The van der Waals surface area contributed by atoms with Gasteiger partial charge in [-0.05, 0) is 37.8 Å². The highest BCUT2D eigenvalue weighted by molar-refractivity contribution is 5.97. The zero-order chi connectivity index (χ0) is 16.8. The summed E-state index contributed by atoms with van der Waals surface area (Å²) in [5.74, 6) is 0.154. The Morgan fingerprint density at radius 2 is 2.04 bits per heavy atom. The number of methoxy groups -OCH3 is 2. The molecule has 6 heteroatoms. The van der Waals surface area contributed by atoms with Gasteiger partial charge in [-0.2, -0.15) is 0 Å². The smallest absolute Gasteiger partial charge is 0.303 e. The lowest BCUT2D eigenvalue weighted by molar-refractivity contribution is -0.137. The average Bonchev–Trinajstić information content (AvgIpc) is 2.58. The number of carboxylic acids is 1. The van der Waals surface area contributed by atoms with Crippen LogP contribution in [0, 0.1) is 0 Å². The third kappa shape index (κ3) is 4.15. The van der Waals surface area contributed by atoms with Gasteiger partial charge in [-0.15, -0.1) is 0 Å². The van der Waals surface area contributed by atoms with Gasteiger partial charge < -0.3 is 19.5 Å². The van der Waals surface area contributed by atoms with Crippen LogP contribution in [0.3, 0.4) is 0 Å². The van der Waals surface area contributed by atoms with Crippen LogP contribution in [-0.4, -0.2) is 48.7 Å². The Morgan fingerprint density at radius 1 is 1.26 bits per heavy atom. The third-order valence-corrected chi connectivity index (χ3v) is 4.22. The fourth-order valence-electron chi connectivity index (χ4n) is 2.99. The van der Waals surface area contributed by atoms with Gasteiger partial charge in [0, 0.05) is 25.1 Å². The van der Waals surface area contributed by atoms with E-state index >= 15 is 0 Å². The third-order valence-electron chi connectivity index (χ3n) is 4.22. The minimum atomic E-state index is -0.829. The number of aliphatic carboxylic acids is 1. The van der Waals surface area contributed by atoms with E-state index in [0.717, 1.165) is 19.3 Å². The molecule has 1 saturated heterocycles. The van der Waals surface area contributed by atoms with E-state index in [1.165, 1.54) is 7.11 Å². The van der Waals surface area contributed by atoms with Crippen molar-refractivity contribution in [3.8, 4) is 11.5 Å². The van der Waals surface area contributed by atoms with E-state index in [1.54, 1.807) is 30.2 Å². The van der Waals surface area contributed by atoms with E-state index in [-0.39, 0.29) is 18.4 Å². The second-order valence-electron chi connectivity index (χ2n) is 5.65. The van der Waals surface area contributed by atoms with Gasteiger partial charge in [-0.1, -0.05) is 0 Å². The van der Waals surface area contributed by atoms with Crippen molar-refractivity contribution in [2.75, 3.05) is 20.8 Å². The second-order valence-corrected chi connectivity index (χ2v) is 5.65. The summed E-state index contributed by atoms with van der Waals surface area (Å²) in [5, 5.41) is 8.89. The number of carbonyl (C=O) groups is 2. The predicted molar refractivity (Wildman–Crippen MR) is 85.1 cm³/mol. The van der Waals surface area contributed by atoms with E-state index in [1.807, 2.05) is 0 Å². The Kier molecular flexibility index (Phi) is 5.84. The monoisotopic (exact) mass is 321 g/mol. The summed E-state index contributed by atoms with van der Waals surface area (Å²) < 4.78 is 10.5. The summed E-state index contributed by atoms with van der Waals surface area (Å²) in [6.07, 6.45) is 3.37. The maximum Gasteiger partial charge on any atom is 0.303 e. The van der Waals surface area contributed by atoms with Crippen LogP contribution in [-0.2, 0) is 4.79 Å². The van der Waals surface area contributed by atoms with Crippen molar-refractivity contribution in [3.05, 3.63) is 23.8 Å². The summed E-state index contributed by atoms with van der Waals surface area (Å²) in [5.41, 5.74) is 0.482. The van der Waals surface area contributed by atoms with Gasteiger partial charge in [-0.3, -0.25) is 9.59 Å². The number of likely N-dealkylation sites (tertiary alicyclic amines) is 1. The highest BCUT2D eigenvalue weighted by Crippen LogP contribution is 2.29. The maximum absolute atomic E-state index is 12.9. The summed E-state index contributed by atoms with van der Waals surface area (Å²) >= 11 is 0. The van der Waals surface area contributed by atoms with Crippen molar-refractivity contribution in [2.24, 2.45) is 0 Å². The van der Waals surface area contributed by atoms with Crippen LogP contribution < -0.4 is 9.47 Å². The SMILES string of the molecule is COc1ccc(C(=O)N2CCCC[C@H]2CCC(=O)O)c(OC)c1. The minimum absolute atomic E-state index is 0.0286. The van der Waals surface area contributed by atoms with Crippen LogP contribution in [0.2, 0.25) is 0 Å². The number of amides is 1. The summed E-state index contributed by atoms with van der Waals surface area (Å²) in [6, 6.07) is 5.08. The van der Waals surface area contributed by atoms with Gasteiger partial charge in [-0.25, -0.2) is 0 Å². The Labute approximate surface area is 136 Å². The van der Waals surface area contributed by atoms with Crippen molar-refractivity contribution in [1.29, 1.82) is 0 Å². The Bertz CT molecular complexity index is 572. The molecular formula is C17H23NO5. The average molecular weight is 321 g/mol. The molecule has 0 radical (unpaired) electrons. The molecule has 0 bridgehead atoms. The van der Waals surface area contributed by atoms with Crippen LogP contribution in [0.5, 0.6) is 11.5 Å². The van der Waals surface area contributed by atoms with Gasteiger partial charge in [0.25, 0.3) is 5.91 Å². The minimum Gasteiger partial charge on any atom is -0.497 e. The zero-order valence-corrected chi connectivity index (χ0v) is 13.6. The van der Waals surface area contributed by atoms with Gasteiger partial charge in [0.2, 0.25) is 0 Å². The number of hydrogen-bond acceptors (Lipinski definition) is 4. The maximum atomic E-state index is 12.9. The van der Waals surface area contributed by atoms with Gasteiger partial charge in [0.1, 0.15) is 11.5 Å². The van der Waals surface area contributed by atoms with Crippen LogP contribution in [0.1, 0.15) is 42.5 Å². The molecule has 0 aromatic heterocycles. The molecule has 0 spiro atoms. The molecule has 0 aliphatic carbocycles. The molecule has 1 N–H and O–H groups in total. The molecule has 1 fully saturated rings. The van der Waals surface area contributed by atoms with Crippen molar-refractivity contribution in [1.82, 2.24) is 4.90 Å². The van der Waals surface area contributed by atoms with Gasteiger partial charge >= 0.3 is 5.97 Å². The first-order valence-corrected chi connectivity index (χ1v) is 7.81. The number of ether oxygens (including phenoxy) is 2. The summed E-state index contributed by atoms with van der Waals surface area (Å²) in [4.78, 5) is 25.5. The predicted octanol–water partition coefficient (Wildman–Crippen LogP) is 2.56. The van der Waals surface area contributed by atoms with Gasteiger partial charge in [0.15, 0.2) is 0 Å². The molecule has 0 unspecified atom stereocenters. The molecule has 1 aliphatic rings. The topological polar surface area (TPSA) is 76.1 Å². The lowest BCUT2D eigenvalue weighted by Gasteiger charge is -2.36. The zero-order valence-electron chi connectivity index (χ0n) is 13.6. The summed E-state index contributed by atoms with van der Waals surface area (Å²) in [7, 11) is 3.08. The molecule has 2 rings (SSSR count). The standard InChI is InChI=1S/C17H23NO5/c1-22-13-7-8-14(15(11-13)23-2)17(21)18-10-4-3-5-12(18)6-9-16(19)20/h7-8,11-12H,3-6,9-10H2,1-2H3,(H,19,20)/t12-/m0/s1. The molecule has 1 amide bonds. The Morgan fingerprint density at radius 3 is 2.70 bits per heavy atom. The molecule has 23 heavy (non-hydrogen) atoms. The van der Waals surface area contributed by atoms with Gasteiger partial charge in [0.05, 0.1) is 19.8 Å². The second kappa shape index (κ2) is 7.85. The molecule has 0 saturated carbocycles. The number of rotatable bonds is 6. The molecule has 1 heterocycles. The molecule has 1 aromatic carbocycles. The Balaban J connectivity index is 2.21. The lowest BCUT2D eigenvalue weighted by atomic mass is 9.96. The van der Waals surface area contributed by atoms with Crippen molar-refractivity contribution in [3.63, 3.8) is 0 Å². The largest absolute Gasteiger partial charge is 0.497 e. The molecular weight excluding hydrogens is 298 g/mol. The van der Waals surface area contributed by atoms with E-state index in [0.29, 0.717) is 30.0 Å². The fraction of sp³-hybridized carbons (Fsp3) is 0.529. The van der Waals surface area contributed by atoms with E-state index in [4.69, 9.17) is 14.6 Å². The first kappa shape index (κ1) is 17.1. The molecule has 1 atom stereocenters. The molecule has 6 nitrogen and oxygen atoms in total. The number of nitrogens with zero attached hydrogens (tertiary/aromatic N) is 1. The fourth-order valence-corrected chi connectivity index (χ4v) is 2.99. The normalized spacial score (nSPS) is 17.7. The van der Waals surface area contributed by atoms with Crippen molar-refractivity contribution < 1.29 is 24.2 Å². The van der Waals surface area contributed by atoms with Crippen LogP contribution in [0.4, 0.5) is 0 Å². The molecule has 1 aliphatic heterocycles. The van der Waals surface area contributed by atoms with Crippen molar-refractivity contribution >= 4 is 11.9 Å². The van der Waals surface area contributed by atoms with Crippen LogP contribution >= 0.6 is 0 Å². The van der Waals surface area contributed by atoms with E-state index < -0.39 is 5.97 Å². The van der Waals surface area contributed by atoms with Crippen LogP contribution in [0.15, 0.2) is 18.2 Å². The number of benzene rings is 1. The number of carboxylic acid groups (broad SMARTS) is 1. The molecule has 126 valence electrons.